The van der Waals surface area contributed by atoms with E-state index in [1.54, 1.807) is 19.9 Å². The molecule has 4 rings (SSSR count). The van der Waals surface area contributed by atoms with Crippen molar-refractivity contribution >= 4 is 17.5 Å². The molecular weight excluding hydrogens is 391 g/mol. The van der Waals surface area contributed by atoms with Crippen LogP contribution in [-0.4, -0.2) is 51.7 Å². The van der Waals surface area contributed by atoms with Gasteiger partial charge in [-0.1, -0.05) is 18.6 Å². The van der Waals surface area contributed by atoms with Crippen LogP contribution in [0, 0.1) is 22.7 Å². The van der Waals surface area contributed by atoms with Crippen molar-refractivity contribution in [3.63, 3.8) is 0 Å². The van der Waals surface area contributed by atoms with Crippen molar-refractivity contribution in [3.8, 4) is 0 Å². The Balaban J connectivity index is 1.72. The van der Waals surface area contributed by atoms with Crippen molar-refractivity contribution in [3.05, 3.63) is 23.8 Å². The number of halogens is 1. The van der Waals surface area contributed by atoms with E-state index < -0.39 is 52.5 Å². The number of Topliss-reactive ketones (excluding diaryl/α,β-unsaturated/α-hetero) is 1. The average molecular weight is 420 g/mol. The number of ketones is 2. The first-order chi connectivity index (χ1) is 13.9. The molecule has 164 valence electrons. The summed E-state index contributed by atoms with van der Waals surface area (Å²) in [6, 6.07) is 0. The smallest absolute Gasteiger partial charge is 0.303 e. The molecule has 2 N–H and O–H groups in total. The molecule has 0 aromatic heterocycles. The highest BCUT2D eigenvalue weighted by molar-refractivity contribution is 6.01. The molecule has 0 aliphatic heterocycles. The molecule has 0 spiro atoms. The van der Waals surface area contributed by atoms with Gasteiger partial charge < -0.3 is 14.9 Å². The molecule has 3 fully saturated rings. The Hall–Kier alpha value is -1.86. The van der Waals surface area contributed by atoms with Crippen LogP contribution in [0.1, 0.15) is 52.9 Å². The van der Waals surface area contributed by atoms with Crippen LogP contribution in [0.2, 0.25) is 0 Å². The van der Waals surface area contributed by atoms with Crippen molar-refractivity contribution in [2.45, 2.75) is 70.2 Å². The van der Waals surface area contributed by atoms with Gasteiger partial charge in [-0.15, -0.1) is 0 Å². The number of esters is 1. The molecule has 0 amide bonds. The first-order valence-corrected chi connectivity index (χ1v) is 10.6. The van der Waals surface area contributed by atoms with E-state index in [4.69, 9.17) is 4.74 Å². The van der Waals surface area contributed by atoms with Crippen molar-refractivity contribution < 1.29 is 33.7 Å². The minimum atomic E-state index is -2.00. The van der Waals surface area contributed by atoms with Crippen LogP contribution < -0.4 is 0 Å². The molecule has 0 saturated heterocycles. The second-order valence-corrected chi connectivity index (χ2v) is 9.87. The third-order valence-corrected chi connectivity index (χ3v) is 8.66. The third-order valence-electron chi connectivity index (χ3n) is 8.66. The second kappa shape index (κ2) is 6.57. The Morgan fingerprint density at radius 2 is 1.97 bits per heavy atom. The van der Waals surface area contributed by atoms with Crippen LogP contribution >= 0.6 is 0 Å². The number of hydrogen-bond acceptors (Lipinski definition) is 6. The zero-order chi connectivity index (χ0) is 22.1. The lowest BCUT2D eigenvalue weighted by atomic mass is 9.44. The van der Waals surface area contributed by atoms with Gasteiger partial charge in [0.2, 0.25) is 5.78 Å². The molecular formula is C23H29FO6. The maximum atomic E-state index is 16.9. The quantitative estimate of drug-likeness (QED) is 0.679. The third kappa shape index (κ3) is 2.51. The molecule has 0 heterocycles. The van der Waals surface area contributed by atoms with Gasteiger partial charge in [0.1, 0.15) is 5.60 Å². The second-order valence-electron chi connectivity index (χ2n) is 9.87. The minimum Gasteiger partial charge on any atom is -0.458 e. The number of alkyl halides is 1. The summed E-state index contributed by atoms with van der Waals surface area (Å²) < 4.78 is 21.7. The van der Waals surface area contributed by atoms with Gasteiger partial charge in [-0.25, -0.2) is 4.39 Å². The van der Waals surface area contributed by atoms with Crippen LogP contribution in [0.25, 0.3) is 0 Å². The molecule has 3 saturated carbocycles. The van der Waals surface area contributed by atoms with Crippen LogP contribution in [0.15, 0.2) is 23.8 Å². The number of rotatable bonds is 3. The van der Waals surface area contributed by atoms with E-state index in [1.165, 1.54) is 19.1 Å². The predicted octanol–water partition coefficient (Wildman–Crippen LogP) is 2.22. The molecule has 4 aliphatic rings. The molecule has 6 nitrogen and oxygen atoms in total. The van der Waals surface area contributed by atoms with E-state index in [9.17, 15) is 24.6 Å². The summed E-state index contributed by atoms with van der Waals surface area (Å²) in [5.74, 6) is -2.28. The SMILES string of the molecule is CC(=O)OCC(=O)[C@@]1(O)CC[C@@H]2[C@H]3CCC4=CC(=O)C=C[C@]4(C)[C@]3(F)[C@@H](O)C[C@@]21C. The lowest BCUT2D eigenvalue weighted by Gasteiger charge is -2.62. The summed E-state index contributed by atoms with van der Waals surface area (Å²) in [7, 11) is 0. The van der Waals surface area contributed by atoms with Crippen molar-refractivity contribution in [1.29, 1.82) is 0 Å². The summed E-state index contributed by atoms with van der Waals surface area (Å²) in [4.78, 5) is 35.8. The van der Waals surface area contributed by atoms with Gasteiger partial charge in [-0.05, 0) is 57.1 Å². The average Bonchev–Trinajstić information content (AvgIpc) is 2.94. The van der Waals surface area contributed by atoms with Crippen molar-refractivity contribution in [1.82, 2.24) is 0 Å². The number of fused-ring (bicyclic) bond motifs is 5. The van der Waals surface area contributed by atoms with Gasteiger partial charge in [0.05, 0.1) is 6.10 Å². The molecule has 0 radical (unpaired) electrons. The van der Waals surface area contributed by atoms with Crippen LogP contribution in [0.3, 0.4) is 0 Å². The number of aliphatic hydroxyl groups is 2. The fraction of sp³-hybridized carbons (Fsp3) is 0.696. The van der Waals surface area contributed by atoms with Gasteiger partial charge in [-0.2, -0.15) is 0 Å². The van der Waals surface area contributed by atoms with E-state index in [1.807, 2.05) is 0 Å². The standard InChI is InChI=1S/C23H29FO6/c1-13(25)30-12-19(28)22(29)9-7-16-17-5-4-14-10-15(26)6-8-20(14,2)23(17,24)18(27)11-21(16,22)3/h6,8,10,16-18,27,29H,4-5,7,9,11-12H2,1-3H3/t16-,17-,18+,20+,21+,22+,23-/m1/s1. The molecule has 7 heteroatoms. The summed E-state index contributed by atoms with van der Waals surface area (Å²) in [5.41, 5.74) is -5.23. The molecule has 30 heavy (non-hydrogen) atoms. The minimum absolute atomic E-state index is 0.0857. The Labute approximate surface area is 175 Å². The zero-order valence-electron chi connectivity index (χ0n) is 17.6. The number of ether oxygens (including phenoxy) is 1. The fourth-order valence-corrected chi connectivity index (χ4v) is 6.96. The van der Waals surface area contributed by atoms with Crippen molar-refractivity contribution in [2.75, 3.05) is 6.61 Å². The Kier molecular flexibility index (Phi) is 4.68. The number of carbonyl (C=O) groups is 3. The van der Waals surface area contributed by atoms with Gasteiger partial charge >= 0.3 is 5.97 Å². The largest absolute Gasteiger partial charge is 0.458 e. The maximum absolute atomic E-state index is 16.9. The summed E-state index contributed by atoms with van der Waals surface area (Å²) in [5, 5.41) is 22.6. The highest BCUT2D eigenvalue weighted by Gasteiger charge is 2.74. The van der Waals surface area contributed by atoms with Gasteiger partial charge in [-0.3, -0.25) is 14.4 Å². The van der Waals surface area contributed by atoms with Crippen LogP contribution in [0.4, 0.5) is 4.39 Å². The highest BCUT2D eigenvalue weighted by Crippen LogP contribution is 2.69. The monoisotopic (exact) mass is 420 g/mol. The Bertz CT molecular complexity index is 879. The number of aliphatic hydroxyl groups excluding tert-OH is 1. The van der Waals surface area contributed by atoms with E-state index in [-0.39, 0.29) is 24.5 Å². The van der Waals surface area contributed by atoms with Crippen molar-refractivity contribution in [2.24, 2.45) is 22.7 Å². The predicted molar refractivity (Wildman–Crippen MR) is 105 cm³/mol. The molecule has 7 atom stereocenters. The van der Waals surface area contributed by atoms with E-state index in [0.29, 0.717) is 24.8 Å². The lowest BCUT2D eigenvalue weighted by molar-refractivity contribution is -0.217. The Morgan fingerprint density at radius 1 is 1.27 bits per heavy atom. The van der Waals surface area contributed by atoms with E-state index >= 15 is 4.39 Å². The van der Waals surface area contributed by atoms with Crippen LogP contribution in [0.5, 0.6) is 0 Å². The fourth-order valence-electron chi connectivity index (χ4n) is 6.96. The molecule has 0 aromatic carbocycles. The Morgan fingerprint density at radius 3 is 2.63 bits per heavy atom. The van der Waals surface area contributed by atoms with Crippen LogP contribution in [-0.2, 0) is 19.1 Å². The lowest BCUT2D eigenvalue weighted by Crippen LogP contribution is -2.69. The number of allylic oxidation sites excluding steroid dienone is 4. The first kappa shape index (κ1) is 21.4. The first-order valence-electron chi connectivity index (χ1n) is 10.6. The topological polar surface area (TPSA) is 101 Å². The molecule has 0 bridgehead atoms. The van der Waals surface area contributed by atoms with E-state index in [2.05, 4.69) is 0 Å². The van der Waals surface area contributed by atoms with Gasteiger partial charge in [0.15, 0.2) is 18.1 Å². The zero-order valence-corrected chi connectivity index (χ0v) is 17.6. The number of hydrogen-bond donors (Lipinski definition) is 2. The molecule has 0 aromatic rings. The maximum Gasteiger partial charge on any atom is 0.303 e. The van der Waals surface area contributed by atoms with Gasteiger partial charge in [0, 0.05) is 23.7 Å². The summed E-state index contributed by atoms with van der Waals surface area (Å²) in [6.07, 6.45) is 4.47. The number of carbonyl (C=O) groups excluding carboxylic acids is 3. The molecule has 4 aliphatic carbocycles. The summed E-state index contributed by atoms with van der Waals surface area (Å²) >= 11 is 0. The summed E-state index contributed by atoms with van der Waals surface area (Å²) in [6.45, 7) is 4.12. The van der Waals surface area contributed by atoms with E-state index in [0.717, 1.165) is 0 Å². The highest BCUT2D eigenvalue weighted by atomic mass is 19.1. The molecule has 0 unspecified atom stereocenters. The van der Waals surface area contributed by atoms with Gasteiger partial charge in [0.25, 0.3) is 0 Å². The normalized spacial score (nSPS) is 47.1.